The number of nitrogens with zero attached hydrogens (tertiary/aromatic N) is 1. The molecule has 2 aromatic rings. The van der Waals surface area contributed by atoms with Crippen molar-refractivity contribution in [2.45, 2.75) is 19.8 Å². The van der Waals surface area contributed by atoms with Crippen molar-refractivity contribution in [3.8, 4) is 0 Å². The fourth-order valence-electron chi connectivity index (χ4n) is 3.17. The highest BCUT2D eigenvalue weighted by molar-refractivity contribution is 6.09. The minimum absolute atomic E-state index is 0.0375. The molecule has 5 nitrogen and oxygen atoms in total. The molecule has 0 bridgehead atoms. The van der Waals surface area contributed by atoms with Gasteiger partial charge in [-0.05, 0) is 43.9 Å². The Morgan fingerprint density at radius 2 is 1.76 bits per heavy atom. The summed E-state index contributed by atoms with van der Waals surface area (Å²) in [5.74, 6) is 0.540. The molecule has 0 saturated carbocycles. The third-order valence-electron chi connectivity index (χ3n) is 4.71. The summed E-state index contributed by atoms with van der Waals surface area (Å²) in [7, 11) is 0. The molecule has 0 unspecified atom stereocenters. The van der Waals surface area contributed by atoms with Gasteiger partial charge in [-0.2, -0.15) is 0 Å². The molecule has 1 aliphatic heterocycles. The quantitative estimate of drug-likeness (QED) is 0.822. The summed E-state index contributed by atoms with van der Waals surface area (Å²) in [6.45, 7) is 5.06. The number of carbonyl (C=O) groups is 2. The smallest absolute Gasteiger partial charge is 0.253 e. The zero-order valence-electron chi connectivity index (χ0n) is 14.5. The standard InChI is InChI=1S/C20H24N2O3/c1-2-25-14-15-8-11-22(12-9-15)20(24)17-5-3-16(4-6-17)19(23)18-7-10-21-13-18/h3-7,10,13,15,21H,2,8-9,11-12,14H2,1H3. The molecule has 1 aliphatic rings. The highest BCUT2D eigenvalue weighted by Gasteiger charge is 2.23. The molecule has 0 radical (unpaired) electrons. The second-order valence-electron chi connectivity index (χ2n) is 6.40. The van der Waals surface area contributed by atoms with E-state index in [-0.39, 0.29) is 11.7 Å². The van der Waals surface area contributed by atoms with Gasteiger partial charge < -0.3 is 14.6 Å². The van der Waals surface area contributed by atoms with E-state index >= 15 is 0 Å². The number of benzene rings is 1. The fraction of sp³-hybridized carbons (Fsp3) is 0.400. The Bertz CT molecular complexity index is 699. The van der Waals surface area contributed by atoms with Crippen molar-refractivity contribution in [3.63, 3.8) is 0 Å². The van der Waals surface area contributed by atoms with Gasteiger partial charge in [0.15, 0.2) is 5.78 Å². The Hall–Kier alpha value is -2.40. The van der Waals surface area contributed by atoms with Gasteiger partial charge in [0.1, 0.15) is 0 Å². The van der Waals surface area contributed by atoms with Gasteiger partial charge in [-0.15, -0.1) is 0 Å². The van der Waals surface area contributed by atoms with Crippen molar-refractivity contribution in [2.75, 3.05) is 26.3 Å². The van der Waals surface area contributed by atoms with Gasteiger partial charge in [0, 0.05) is 55.4 Å². The number of aromatic amines is 1. The van der Waals surface area contributed by atoms with Gasteiger partial charge in [0.25, 0.3) is 5.91 Å². The number of hydrogen-bond donors (Lipinski definition) is 1. The van der Waals surface area contributed by atoms with Gasteiger partial charge >= 0.3 is 0 Å². The third-order valence-corrected chi connectivity index (χ3v) is 4.71. The number of rotatable bonds is 6. The molecule has 132 valence electrons. The van der Waals surface area contributed by atoms with Crippen LogP contribution in [0.15, 0.2) is 42.7 Å². The van der Waals surface area contributed by atoms with Crippen molar-refractivity contribution in [3.05, 3.63) is 59.4 Å². The van der Waals surface area contributed by atoms with Crippen LogP contribution in [0.25, 0.3) is 0 Å². The zero-order valence-corrected chi connectivity index (χ0v) is 14.5. The molecule has 5 heteroatoms. The molecular weight excluding hydrogens is 316 g/mol. The maximum atomic E-state index is 12.6. The predicted molar refractivity (Wildman–Crippen MR) is 95.8 cm³/mol. The van der Waals surface area contributed by atoms with E-state index in [0.717, 1.165) is 39.1 Å². The first-order valence-electron chi connectivity index (χ1n) is 8.83. The van der Waals surface area contributed by atoms with E-state index in [1.807, 2.05) is 11.8 Å². The number of aromatic nitrogens is 1. The molecule has 1 aromatic carbocycles. The average Bonchev–Trinajstić information content (AvgIpc) is 3.20. The summed E-state index contributed by atoms with van der Waals surface area (Å²) in [5, 5.41) is 0. The van der Waals surface area contributed by atoms with E-state index < -0.39 is 0 Å². The maximum Gasteiger partial charge on any atom is 0.253 e. The van der Waals surface area contributed by atoms with Crippen molar-refractivity contribution >= 4 is 11.7 Å². The lowest BCUT2D eigenvalue weighted by Crippen LogP contribution is -2.39. The SMILES string of the molecule is CCOCC1CCN(C(=O)c2ccc(C(=O)c3cc[nH]c3)cc2)CC1. The second kappa shape index (κ2) is 8.12. The van der Waals surface area contributed by atoms with Crippen LogP contribution in [0, 0.1) is 5.92 Å². The van der Waals surface area contributed by atoms with Crippen LogP contribution in [0.4, 0.5) is 0 Å². The minimum Gasteiger partial charge on any atom is -0.381 e. The van der Waals surface area contributed by atoms with Gasteiger partial charge in [-0.25, -0.2) is 0 Å². The lowest BCUT2D eigenvalue weighted by molar-refractivity contribution is 0.0551. The maximum absolute atomic E-state index is 12.6. The first kappa shape index (κ1) is 17.4. The van der Waals surface area contributed by atoms with Gasteiger partial charge in [-0.3, -0.25) is 9.59 Å². The van der Waals surface area contributed by atoms with E-state index in [0.29, 0.717) is 22.6 Å². The monoisotopic (exact) mass is 340 g/mol. The van der Waals surface area contributed by atoms with Crippen LogP contribution in [0.2, 0.25) is 0 Å². The lowest BCUT2D eigenvalue weighted by Gasteiger charge is -2.32. The van der Waals surface area contributed by atoms with Crippen LogP contribution in [0.3, 0.4) is 0 Å². The highest BCUT2D eigenvalue weighted by Crippen LogP contribution is 2.20. The number of hydrogen-bond acceptors (Lipinski definition) is 3. The van der Waals surface area contributed by atoms with E-state index in [1.165, 1.54) is 0 Å². The molecule has 1 N–H and O–H groups in total. The summed E-state index contributed by atoms with van der Waals surface area (Å²) in [6.07, 6.45) is 5.36. The van der Waals surface area contributed by atoms with Crippen molar-refractivity contribution < 1.29 is 14.3 Å². The van der Waals surface area contributed by atoms with Crippen LogP contribution in [0.5, 0.6) is 0 Å². The molecule has 1 aromatic heterocycles. The van der Waals surface area contributed by atoms with E-state index in [2.05, 4.69) is 4.98 Å². The first-order valence-corrected chi connectivity index (χ1v) is 8.83. The molecule has 0 atom stereocenters. The fourth-order valence-corrected chi connectivity index (χ4v) is 3.17. The van der Waals surface area contributed by atoms with Crippen LogP contribution in [0.1, 0.15) is 46.0 Å². The Morgan fingerprint density at radius 1 is 1.08 bits per heavy atom. The van der Waals surface area contributed by atoms with Crippen molar-refractivity contribution in [2.24, 2.45) is 5.92 Å². The topological polar surface area (TPSA) is 62.4 Å². The molecule has 3 rings (SSSR count). The van der Waals surface area contributed by atoms with Gasteiger partial charge in [0.2, 0.25) is 0 Å². The number of ether oxygens (including phenoxy) is 1. The predicted octanol–water partition coefficient (Wildman–Crippen LogP) is 3.13. The Kier molecular flexibility index (Phi) is 5.66. The van der Waals surface area contributed by atoms with Gasteiger partial charge in [0.05, 0.1) is 0 Å². The summed E-state index contributed by atoms with van der Waals surface area (Å²) < 4.78 is 5.48. The Balaban J connectivity index is 1.59. The lowest BCUT2D eigenvalue weighted by atomic mass is 9.97. The van der Waals surface area contributed by atoms with E-state index in [1.54, 1.807) is 42.7 Å². The molecule has 0 aliphatic carbocycles. The largest absolute Gasteiger partial charge is 0.381 e. The van der Waals surface area contributed by atoms with Crippen molar-refractivity contribution in [1.82, 2.24) is 9.88 Å². The number of H-pyrrole nitrogens is 1. The van der Waals surface area contributed by atoms with Crippen molar-refractivity contribution in [1.29, 1.82) is 0 Å². The third kappa shape index (κ3) is 4.17. The van der Waals surface area contributed by atoms with E-state index in [9.17, 15) is 9.59 Å². The number of likely N-dealkylation sites (tertiary alicyclic amines) is 1. The van der Waals surface area contributed by atoms with Crippen LogP contribution >= 0.6 is 0 Å². The number of piperidine rings is 1. The van der Waals surface area contributed by atoms with E-state index in [4.69, 9.17) is 4.74 Å². The first-order chi connectivity index (χ1) is 12.2. The molecule has 1 saturated heterocycles. The summed E-state index contributed by atoms with van der Waals surface area (Å²) >= 11 is 0. The van der Waals surface area contributed by atoms with Crippen LogP contribution in [-0.4, -0.2) is 47.9 Å². The van der Waals surface area contributed by atoms with Crippen LogP contribution < -0.4 is 0 Å². The number of amides is 1. The Morgan fingerprint density at radius 3 is 2.36 bits per heavy atom. The van der Waals surface area contributed by atoms with Crippen LogP contribution in [-0.2, 0) is 4.74 Å². The molecule has 1 fully saturated rings. The normalized spacial score (nSPS) is 15.3. The number of ketones is 1. The summed E-state index contributed by atoms with van der Waals surface area (Å²) in [4.78, 5) is 29.7. The zero-order chi connectivity index (χ0) is 17.6. The number of nitrogens with one attached hydrogen (secondary N) is 1. The molecule has 0 spiro atoms. The molecular formula is C20H24N2O3. The summed E-state index contributed by atoms with van der Waals surface area (Å²) in [5.41, 5.74) is 1.84. The number of carbonyl (C=O) groups excluding carboxylic acids is 2. The molecule has 1 amide bonds. The molecule has 2 heterocycles. The summed E-state index contributed by atoms with van der Waals surface area (Å²) in [6, 6.07) is 8.69. The highest BCUT2D eigenvalue weighted by atomic mass is 16.5. The minimum atomic E-state index is -0.0445. The second-order valence-corrected chi connectivity index (χ2v) is 6.40. The van der Waals surface area contributed by atoms with Gasteiger partial charge in [-0.1, -0.05) is 12.1 Å². The Labute approximate surface area is 148 Å². The average molecular weight is 340 g/mol. The molecule has 25 heavy (non-hydrogen) atoms.